The molecule has 2 N–H and O–H groups in total. The molecule has 0 amide bonds. The van der Waals surface area contributed by atoms with Crippen molar-refractivity contribution in [3.8, 4) is 11.4 Å². The molecule has 3 aromatic rings. The molecule has 24 heavy (non-hydrogen) atoms. The second-order valence-corrected chi connectivity index (χ2v) is 5.14. The molecule has 2 aromatic heterocycles. The first-order valence-electron chi connectivity index (χ1n) is 7.08. The van der Waals surface area contributed by atoms with E-state index in [1.54, 1.807) is 23.1 Å². The van der Waals surface area contributed by atoms with Crippen LogP contribution in [-0.4, -0.2) is 36.9 Å². The van der Waals surface area contributed by atoms with Gasteiger partial charge in [0.15, 0.2) is 0 Å². The van der Waals surface area contributed by atoms with Crippen molar-refractivity contribution in [3.05, 3.63) is 71.5 Å². The predicted molar refractivity (Wildman–Crippen MR) is 84.9 cm³/mol. The molecule has 120 valence electrons. The minimum atomic E-state index is -1.17. The molecule has 0 aliphatic rings. The summed E-state index contributed by atoms with van der Waals surface area (Å²) in [6.07, 6.45) is 3.40. The normalized spacial score (nSPS) is 10.5. The number of nitrogens with zero attached hydrogens (tertiary/aromatic N) is 3. The summed E-state index contributed by atoms with van der Waals surface area (Å²) in [5, 5.41) is 22.6. The highest BCUT2D eigenvalue weighted by atomic mass is 16.4. The van der Waals surface area contributed by atoms with Gasteiger partial charge in [0.2, 0.25) is 0 Å². The Labute approximate surface area is 136 Å². The Kier molecular flexibility index (Phi) is 4.07. The van der Waals surface area contributed by atoms with Crippen molar-refractivity contribution >= 4 is 11.9 Å². The zero-order chi connectivity index (χ0) is 17.1. The zero-order valence-electron chi connectivity index (χ0n) is 12.5. The number of aromatic carboxylic acids is 2. The Bertz CT molecular complexity index is 871. The monoisotopic (exact) mass is 323 g/mol. The van der Waals surface area contributed by atoms with Crippen molar-refractivity contribution in [1.82, 2.24) is 14.8 Å². The number of benzene rings is 1. The van der Waals surface area contributed by atoms with E-state index in [0.29, 0.717) is 11.3 Å². The van der Waals surface area contributed by atoms with Crippen molar-refractivity contribution in [2.75, 3.05) is 0 Å². The summed E-state index contributed by atoms with van der Waals surface area (Å²) in [4.78, 5) is 26.5. The fourth-order valence-corrected chi connectivity index (χ4v) is 2.32. The minimum Gasteiger partial charge on any atom is -0.478 e. The number of hydrogen-bond acceptors (Lipinski definition) is 4. The number of carboxylic acid groups (broad SMARTS) is 2. The Hall–Kier alpha value is -3.48. The molecule has 0 atom stereocenters. The van der Waals surface area contributed by atoms with E-state index in [0.717, 1.165) is 11.8 Å². The van der Waals surface area contributed by atoms with Crippen LogP contribution >= 0.6 is 0 Å². The molecule has 0 spiro atoms. The maximum Gasteiger partial charge on any atom is 0.335 e. The molecule has 3 rings (SSSR count). The maximum atomic E-state index is 11.1. The quantitative estimate of drug-likeness (QED) is 0.747. The van der Waals surface area contributed by atoms with E-state index in [4.69, 9.17) is 10.2 Å². The highest BCUT2D eigenvalue weighted by Crippen LogP contribution is 2.16. The van der Waals surface area contributed by atoms with E-state index in [2.05, 4.69) is 10.1 Å². The van der Waals surface area contributed by atoms with Crippen molar-refractivity contribution in [3.63, 3.8) is 0 Å². The second kappa shape index (κ2) is 6.33. The molecule has 0 unspecified atom stereocenters. The van der Waals surface area contributed by atoms with Crippen LogP contribution in [0.4, 0.5) is 0 Å². The third-order valence-corrected chi connectivity index (χ3v) is 3.40. The van der Waals surface area contributed by atoms with Crippen molar-refractivity contribution in [2.24, 2.45) is 0 Å². The number of aromatic nitrogens is 3. The highest BCUT2D eigenvalue weighted by molar-refractivity contribution is 5.94. The van der Waals surface area contributed by atoms with Gasteiger partial charge in [-0.1, -0.05) is 6.07 Å². The highest BCUT2D eigenvalue weighted by Gasteiger charge is 2.12. The van der Waals surface area contributed by atoms with E-state index < -0.39 is 11.9 Å². The zero-order valence-corrected chi connectivity index (χ0v) is 12.5. The van der Waals surface area contributed by atoms with Crippen molar-refractivity contribution < 1.29 is 19.8 Å². The van der Waals surface area contributed by atoms with E-state index in [1.165, 1.54) is 12.1 Å². The van der Waals surface area contributed by atoms with Gasteiger partial charge in [-0.15, -0.1) is 0 Å². The van der Waals surface area contributed by atoms with Crippen molar-refractivity contribution in [1.29, 1.82) is 0 Å². The van der Waals surface area contributed by atoms with Crippen LogP contribution in [0.3, 0.4) is 0 Å². The summed E-state index contributed by atoms with van der Waals surface area (Å²) in [5.74, 6) is -2.34. The van der Waals surface area contributed by atoms with Gasteiger partial charge in [-0.3, -0.25) is 9.67 Å². The minimum absolute atomic E-state index is 0.0676. The van der Waals surface area contributed by atoms with Crippen molar-refractivity contribution in [2.45, 2.75) is 6.54 Å². The van der Waals surface area contributed by atoms with Crippen LogP contribution in [0.5, 0.6) is 0 Å². The molecule has 0 saturated carbocycles. The first-order valence-corrected chi connectivity index (χ1v) is 7.08. The maximum absolute atomic E-state index is 11.1. The number of hydrogen-bond donors (Lipinski definition) is 2. The van der Waals surface area contributed by atoms with Gasteiger partial charge >= 0.3 is 11.9 Å². The van der Waals surface area contributed by atoms with E-state index in [1.807, 2.05) is 18.2 Å². The summed E-state index contributed by atoms with van der Waals surface area (Å²) in [5.41, 5.74) is 1.82. The molecule has 2 heterocycles. The van der Waals surface area contributed by atoms with Crippen LogP contribution in [0.2, 0.25) is 0 Å². The van der Waals surface area contributed by atoms with Gasteiger partial charge in [0.25, 0.3) is 0 Å². The third kappa shape index (κ3) is 3.30. The fourth-order valence-electron chi connectivity index (χ4n) is 2.32. The van der Waals surface area contributed by atoms with Gasteiger partial charge in [-0.2, -0.15) is 5.10 Å². The van der Waals surface area contributed by atoms with Gasteiger partial charge in [-0.25, -0.2) is 9.59 Å². The first-order chi connectivity index (χ1) is 11.5. The Morgan fingerprint density at radius 1 is 0.958 bits per heavy atom. The van der Waals surface area contributed by atoms with Gasteiger partial charge < -0.3 is 10.2 Å². The molecular weight excluding hydrogens is 310 g/mol. The number of rotatable bonds is 5. The van der Waals surface area contributed by atoms with Gasteiger partial charge in [0.1, 0.15) is 5.69 Å². The molecule has 7 heteroatoms. The molecule has 0 aliphatic carbocycles. The average Bonchev–Trinajstić information content (AvgIpc) is 3.03. The number of carbonyl (C=O) groups is 2. The molecule has 0 saturated heterocycles. The van der Waals surface area contributed by atoms with Crippen LogP contribution < -0.4 is 0 Å². The lowest BCUT2D eigenvalue weighted by molar-refractivity contribution is 0.0696. The van der Waals surface area contributed by atoms with E-state index in [9.17, 15) is 9.59 Å². The summed E-state index contributed by atoms with van der Waals surface area (Å²) < 4.78 is 1.61. The van der Waals surface area contributed by atoms with Crippen LogP contribution in [0, 0.1) is 0 Å². The lowest BCUT2D eigenvalue weighted by Gasteiger charge is -2.06. The lowest BCUT2D eigenvalue weighted by Crippen LogP contribution is -2.07. The van der Waals surface area contributed by atoms with Gasteiger partial charge in [0.05, 0.1) is 23.4 Å². The largest absolute Gasteiger partial charge is 0.478 e. The molecular formula is C17H13N3O4. The summed E-state index contributed by atoms with van der Waals surface area (Å²) in [6.45, 7) is 0.258. The molecule has 1 aromatic carbocycles. The molecule has 7 nitrogen and oxygen atoms in total. The lowest BCUT2D eigenvalue weighted by atomic mass is 10.1. The first kappa shape index (κ1) is 15.4. The van der Waals surface area contributed by atoms with Crippen LogP contribution in [-0.2, 0) is 6.54 Å². The van der Waals surface area contributed by atoms with Crippen LogP contribution in [0.15, 0.2) is 54.9 Å². The smallest absolute Gasteiger partial charge is 0.335 e. The Morgan fingerprint density at radius 2 is 1.67 bits per heavy atom. The third-order valence-electron chi connectivity index (χ3n) is 3.40. The average molecular weight is 323 g/mol. The van der Waals surface area contributed by atoms with Crippen LogP contribution in [0.25, 0.3) is 11.4 Å². The molecule has 0 fully saturated rings. The number of pyridine rings is 1. The number of carboxylic acids is 2. The van der Waals surface area contributed by atoms with Crippen LogP contribution in [0.1, 0.15) is 26.3 Å². The summed E-state index contributed by atoms with van der Waals surface area (Å²) >= 11 is 0. The molecule has 0 bridgehead atoms. The SMILES string of the molecule is O=C(O)c1cc(Cn2ccc(-c3ccccn3)n2)cc(C(=O)O)c1. The topological polar surface area (TPSA) is 105 Å². The van der Waals surface area contributed by atoms with E-state index >= 15 is 0 Å². The van der Waals surface area contributed by atoms with E-state index in [-0.39, 0.29) is 17.7 Å². The van der Waals surface area contributed by atoms with Gasteiger partial charge in [0, 0.05) is 12.4 Å². The molecule has 0 radical (unpaired) electrons. The summed E-state index contributed by atoms with van der Waals surface area (Å²) in [7, 11) is 0. The Balaban J connectivity index is 1.90. The standard InChI is InChI=1S/C17H13N3O4/c21-16(22)12-7-11(8-13(9-12)17(23)24)10-20-6-4-15(19-20)14-3-1-2-5-18-14/h1-9H,10H2,(H,21,22)(H,23,24). The fraction of sp³-hybridized carbons (Fsp3) is 0.0588. The molecule has 0 aliphatic heterocycles. The second-order valence-electron chi connectivity index (χ2n) is 5.14. The predicted octanol–water partition coefficient (Wildman–Crippen LogP) is 2.39. The summed E-state index contributed by atoms with van der Waals surface area (Å²) in [6, 6.07) is 11.3. The Morgan fingerprint density at radius 3 is 2.25 bits per heavy atom. The van der Waals surface area contributed by atoms with Gasteiger partial charge in [-0.05, 0) is 42.0 Å².